The van der Waals surface area contributed by atoms with Crippen LogP contribution < -0.4 is 5.32 Å². The van der Waals surface area contributed by atoms with Crippen molar-refractivity contribution < 1.29 is 4.79 Å². The molecule has 1 saturated heterocycles. The first-order valence-electron chi connectivity index (χ1n) is 7.37. The molecule has 1 fully saturated rings. The van der Waals surface area contributed by atoms with Gasteiger partial charge in [-0.3, -0.25) is 4.79 Å². The third kappa shape index (κ3) is 2.99. The fourth-order valence-corrected chi connectivity index (χ4v) is 2.92. The van der Waals surface area contributed by atoms with Gasteiger partial charge in [-0.1, -0.05) is 31.5 Å². The molecule has 2 atom stereocenters. The summed E-state index contributed by atoms with van der Waals surface area (Å²) in [7, 11) is 0. The van der Waals surface area contributed by atoms with E-state index in [1.54, 1.807) is 0 Å². The van der Waals surface area contributed by atoms with Gasteiger partial charge in [-0.05, 0) is 37.5 Å². The standard InChI is InChI=1S/C16H23ClN2O/c1-4-12-10-19(13(5-2)9-18-12)16(20)14-7-6-8-15(17)11(14)3/h6-8,12-13,18H,4-5,9-10H2,1-3H3. The van der Waals surface area contributed by atoms with Crippen molar-refractivity contribution in [2.45, 2.75) is 45.7 Å². The first kappa shape index (κ1) is 15.3. The summed E-state index contributed by atoms with van der Waals surface area (Å²) >= 11 is 6.14. The highest BCUT2D eigenvalue weighted by atomic mass is 35.5. The number of halogens is 1. The predicted molar refractivity (Wildman–Crippen MR) is 83.4 cm³/mol. The topological polar surface area (TPSA) is 32.3 Å². The van der Waals surface area contributed by atoms with Gasteiger partial charge in [0.2, 0.25) is 0 Å². The maximum atomic E-state index is 12.8. The van der Waals surface area contributed by atoms with Gasteiger partial charge in [0, 0.05) is 35.8 Å². The van der Waals surface area contributed by atoms with Crippen molar-refractivity contribution >= 4 is 17.5 Å². The zero-order chi connectivity index (χ0) is 14.7. The van der Waals surface area contributed by atoms with Crippen LogP contribution in [-0.2, 0) is 0 Å². The summed E-state index contributed by atoms with van der Waals surface area (Å²) in [4.78, 5) is 14.9. The molecule has 1 amide bonds. The van der Waals surface area contributed by atoms with Crippen LogP contribution in [0.1, 0.15) is 42.6 Å². The van der Waals surface area contributed by atoms with E-state index in [4.69, 9.17) is 11.6 Å². The van der Waals surface area contributed by atoms with Crippen LogP contribution in [0.2, 0.25) is 5.02 Å². The lowest BCUT2D eigenvalue weighted by Crippen LogP contribution is -2.58. The number of rotatable bonds is 3. The van der Waals surface area contributed by atoms with Crippen LogP contribution in [0.15, 0.2) is 18.2 Å². The van der Waals surface area contributed by atoms with Crippen LogP contribution >= 0.6 is 11.6 Å². The van der Waals surface area contributed by atoms with Crippen LogP contribution in [0, 0.1) is 6.92 Å². The molecular weight excluding hydrogens is 272 g/mol. The third-order valence-corrected chi connectivity index (χ3v) is 4.63. The number of piperazine rings is 1. The Morgan fingerprint density at radius 3 is 2.80 bits per heavy atom. The number of amides is 1. The van der Waals surface area contributed by atoms with Crippen LogP contribution in [-0.4, -0.2) is 36.0 Å². The molecule has 0 saturated carbocycles. The Labute approximate surface area is 126 Å². The van der Waals surface area contributed by atoms with E-state index in [9.17, 15) is 4.79 Å². The average molecular weight is 295 g/mol. The van der Waals surface area contributed by atoms with Gasteiger partial charge in [0.1, 0.15) is 0 Å². The second-order valence-corrected chi connectivity index (χ2v) is 5.85. The van der Waals surface area contributed by atoms with Crippen molar-refractivity contribution in [3.05, 3.63) is 34.3 Å². The Kier molecular flexibility index (Phi) is 5.06. The molecule has 1 aromatic rings. The van der Waals surface area contributed by atoms with Crippen molar-refractivity contribution in [3.63, 3.8) is 0 Å². The van der Waals surface area contributed by atoms with E-state index >= 15 is 0 Å². The normalized spacial score (nSPS) is 22.9. The van der Waals surface area contributed by atoms with Crippen LogP contribution in [0.5, 0.6) is 0 Å². The number of nitrogens with one attached hydrogen (secondary N) is 1. The number of hydrogen-bond acceptors (Lipinski definition) is 2. The maximum absolute atomic E-state index is 12.8. The molecule has 0 aliphatic carbocycles. The van der Waals surface area contributed by atoms with Crippen molar-refractivity contribution in [3.8, 4) is 0 Å². The van der Waals surface area contributed by atoms with E-state index in [1.165, 1.54) is 0 Å². The molecule has 0 aromatic heterocycles. The lowest BCUT2D eigenvalue weighted by atomic mass is 10.0. The molecule has 0 bridgehead atoms. The number of benzene rings is 1. The summed E-state index contributed by atoms with van der Waals surface area (Å²) in [5, 5.41) is 4.17. The maximum Gasteiger partial charge on any atom is 0.254 e. The Bertz CT molecular complexity index is 489. The van der Waals surface area contributed by atoms with Crippen LogP contribution in [0.25, 0.3) is 0 Å². The van der Waals surface area contributed by atoms with Crippen LogP contribution in [0.3, 0.4) is 0 Å². The monoisotopic (exact) mass is 294 g/mol. The summed E-state index contributed by atoms with van der Waals surface area (Å²) in [5.74, 6) is 0.108. The second kappa shape index (κ2) is 6.59. The Morgan fingerprint density at radius 2 is 2.15 bits per heavy atom. The Morgan fingerprint density at radius 1 is 1.40 bits per heavy atom. The lowest BCUT2D eigenvalue weighted by Gasteiger charge is -2.40. The molecule has 20 heavy (non-hydrogen) atoms. The molecule has 1 N–H and O–H groups in total. The largest absolute Gasteiger partial charge is 0.333 e. The van der Waals surface area contributed by atoms with Gasteiger partial charge < -0.3 is 10.2 Å². The Balaban J connectivity index is 2.27. The minimum absolute atomic E-state index is 0.108. The molecule has 1 aromatic carbocycles. The summed E-state index contributed by atoms with van der Waals surface area (Å²) in [5.41, 5.74) is 1.60. The zero-order valence-corrected chi connectivity index (χ0v) is 13.2. The van der Waals surface area contributed by atoms with Gasteiger partial charge >= 0.3 is 0 Å². The van der Waals surface area contributed by atoms with Gasteiger partial charge in [-0.15, -0.1) is 0 Å². The highest BCUT2D eigenvalue weighted by Crippen LogP contribution is 2.22. The number of carbonyl (C=O) groups excluding carboxylic acids is 1. The quantitative estimate of drug-likeness (QED) is 0.928. The van der Waals surface area contributed by atoms with E-state index in [0.717, 1.165) is 37.1 Å². The van der Waals surface area contributed by atoms with Crippen molar-refractivity contribution in [1.82, 2.24) is 10.2 Å². The van der Waals surface area contributed by atoms with E-state index in [-0.39, 0.29) is 11.9 Å². The average Bonchev–Trinajstić information content (AvgIpc) is 2.48. The highest BCUT2D eigenvalue weighted by Gasteiger charge is 2.30. The lowest BCUT2D eigenvalue weighted by molar-refractivity contribution is 0.0575. The van der Waals surface area contributed by atoms with Crippen molar-refractivity contribution in [2.75, 3.05) is 13.1 Å². The fourth-order valence-electron chi connectivity index (χ4n) is 2.74. The van der Waals surface area contributed by atoms with E-state index in [2.05, 4.69) is 19.2 Å². The van der Waals surface area contributed by atoms with Gasteiger partial charge in [-0.25, -0.2) is 0 Å². The molecule has 2 unspecified atom stereocenters. The van der Waals surface area contributed by atoms with Gasteiger partial charge in [0.25, 0.3) is 5.91 Å². The SMILES string of the molecule is CCC1CN(C(=O)c2cccc(Cl)c2C)C(CC)CN1. The first-order valence-corrected chi connectivity index (χ1v) is 7.75. The molecule has 1 heterocycles. The summed E-state index contributed by atoms with van der Waals surface area (Å²) in [6.07, 6.45) is 2.00. The smallest absolute Gasteiger partial charge is 0.254 e. The van der Waals surface area contributed by atoms with Crippen molar-refractivity contribution in [2.24, 2.45) is 0 Å². The number of hydrogen-bond donors (Lipinski definition) is 1. The summed E-state index contributed by atoms with van der Waals surface area (Å²) in [6, 6.07) is 6.21. The van der Waals surface area contributed by atoms with E-state index in [0.29, 0.717) is 11.1 Å². The second-order valence-electron chi connectivity index (χ2n) is 5.45. The number of nitrogens with zero attached hydrogens (tertiary/aromatic N) is 1. The minimum Gasteiger partial charge on any atom is -0.333 e. The molecular formula is C16H23ClN2O. The molecule has 4 heteroatoms. The summed E-state index contributed by atoms with van der Waals surface area (Å²) < 4.78 is 0. The predicted octanol–water partition coefficient (Wildman–Crippen LogP) is 3.25. The molecule has 1 aliphatic heterocycles. The van der Waals surface area contributed by atoms with Crippen LogP contribution in [0.4, 0.5) is 0 Å². The van der Waals surface area contributed by atoms with Gasteiger partial charge in [-0.2, -0.15) is 0 Å². The molecule has 1 aliphatic rings. The third-order valence-electron chi connectivity index (χ3n) is 4.22. The fraction of sp³-hybridized carbons (Fsp3) is 0.562. The summed E-state index contributed by atoms with van der Waals surface area (Å²) in [6.45, 7) is 7.84. The molecule has 3 nitrogen and oxygen atoms in total. The molecule has 0 radical (unpaired) electrons. The molecule has 2 rings (SSSR count). The first-order chi connectivity index (χ1) is 9.58. The van der Waals surface area contributed by atoms with Gasteiger partial charge in [0.05, 0.1) is 0 Å². The van der Waals surface area contributed by atoms with Crippen molar-refractivity contribution in [1.29, 1.82) is 0 Å². The minimum atomic E-state index is 0.108. The molecule has 0 spiro atoms. The Hall–Kier alpha value is -1.06. The van der Waals surface area contributed by atoms with E-state index < -0.39 is 0 Å². The van der Waals surface area contributed by atoms with Gasteiger partial charge in [0.15, 0.2) is 0 Å². The van der Waals surface area contributed by atoms with E-state index in [1.807, 2.05) is 30.0 Å². The molecule has 110 valence electrons. The number of carbonyl (C=O) groups is 1. The zero-order valence-electron chi connectivity index (χ0n) is 12.4. The highest BCUT2D eigenvalue weighted by molar-refractivity contribution is 6.31.